The number of nitrogens with zero attached hydrogens (tertiary/aromatic N) is 1. The van der Waals surface area contributed by atoms with Gasteiger partial charge in [-0.15, -0.1) is 0 Å². The monoisotopic (exact) mass is 437 g/mol. The molecule has 1 aromatic carbocycles. The van der Waals surface area contributed by atoms with Crippen LogP contribution >= 0.6 is 0 Å². The zero-order valence-corrected chi connectivity index (χ0v) is 19.0. The fourth-order valence-electron chi connectivity index (χ4n) is 4.79. The van der Waals surface area contributed by atoms with Crippen LogP contribution in [0.4, 0.5) is 0 Å². The maximum atomic E-state index is 13.2. The van der Waals surface area contributed by atoms with E-state index >= 15 is 0 Å². The number of furan rings is 1. The first-order chi connectivity index (χ1) is 15.4. The van der Waals surface area contributed by atoms with E-state index in [1.54, 1.807) is 29.2 Å². The average Bonchev–Trinajstić information content (AvgIpc) is 3.34. The molecule has 2 heterocycles. The van der Waals surface area contributed by atoms with Crippen molar-refractivity contribution in [2.24, 2.45) is 0 Å². The summed E-state index contributed by atoms with van der Waals surface area (Å²) in [5, 5.41) is 11.3. The number of rotatable bonds is 6. The van der Waals surface area contributed by atoms with Crippen molar-refractivity contribution in [2.75, 3.05) is 6.61 Å². The standard InChI is InChI=1S/C26H31NO5/c1-4-14-31-20-13-11-18(15-16(20)2)24(28)22-23(21-12-10-17(3)32-21)27(26(30)25(22)29)19-8-6-5-7-9-19/h10-13,15,19,23,28H,4-9,14H2,1-3H3/b24-22-. The minimum Gasteiger partial charge on any atom is -0.507 e. The molecule has 2 aromatic rings. The van der Waals surface area contributed by atoms with Crippen LogP contribution in [0, 0.1) is 13.8 Å². The molecule has 2 aliphatic rings. The van der Waals surface area contributed by atoms with Gasteiger partial charge in [0.05, 0.1) is 12.2 Å². The third-order valence-electron chi connectivity index (χ3n) is 6.39. The van der Waals surface area contributed by atoms with Gasteiger partial charge in [-0.05, 0) is 69.0 Å². The summed E-state index contributed by atoms with van der Waals surface area (Å²) in [4.78, 5) is 28.0. The number of aryl methyl sites for hydroxylation is 2. The molecule has 1 aliphatic heterocycles. The van der Waals surface area contributed by atoms with Gasteiger partial charge in [0.1, 0.15) is 29.1 Å². The number of amides is 1. The van der Waals surface area contributed by atoms with Crippen LogP contribution in [0.15, 0.2) is 40.3 Å². The van der Waals surface area contributed by atoms with Gasteiger partial charge in [-0.1, -0.05) is 26.2 Å². The molecule has 32 heavy (non-hydrogen) atoms. The summed E-state index contributed by atoms with van der Waals surface area (Å²) in [5.41, 5.74) is 1.44. The van der Waals surface area contributed by atoms with Crippen LogP contribution in [0.25, 0.3) is 5.76 Å². The zero-order valence-electron chi connectivity index (χ0n) is 19.0. The second-order valence-corrected chi connectivity index (χ2v) is 8.78. The summed E-state index contributed by atoms with van der Waals surface area (Å²) < 4.78 is 11.6. The highest BCUT2D eigenvalue weighted by Crippen LogP contribution is 2.43. The van der Waals surface area contributed by atoms with Gasteiger partial charge in [-0.25, -0.2) is 0 Å². The molecule has 6 heteroatoms. The molecule has 1 aliphatic carbocycles. The largest absolute Gasteiger partial charge is 0.507 e. The number of ketones is 1. The first-order valence-corrected chi connectivity index (χ1v) is 11.5. The Bertz CT molecular complexity index is 1040. The number of ether oxygens (including phenoxy) is 1. The van der Waals surface area contributed by atoms with E-state index in [1.807, 2.05) is 26.8 Å². The van der Waals surface area contributed by atoms with E-state index in [2.05, 4.69) is 0 Å². The van der Waals surface area contributed by atoms with Crippen LogP contribution in [0.3, 0.4) is 0 Å². The third kappa shape index (κ3) is 4.06. The molecule has 4 rings (SSSR count). The molecule has 1 saturated heterocycles. The number of hydrogen-bond acceptors (Lipinski definition) is 5. The van der Waals surface area contributed by atoms with Crippen molar-refractivity contribution in [1.82, 2.24) is 4.90 Å². The Morgan fingerprint density at radius 3 is 2.50 bits per heavy atom. The Morgan fingerprint density at radius 1 is 1.12 bits per heavy atom. The van der Waals surface area contributed by atoms with E-state index in [1.165, 1.54) is 0 Å². The highest BCUT2D eigenvalue weighted by molar-refractivity contribution is 6.46. The molecule has 0 spiro atoms. The Balaban J connectivity index is 1.79. The molecule has 1 atom stereocenters. The van der Waals surface area contributed by atoms with Gasteiger partial charge in [0.25, 0.3) is 11.7 Å². The Morgan fingerprint density at radius 2 is 1.88 bits per heavy atom. The molecule has 1 saturated carbocycles. The van der Waals surface area contributed by atoms with Crippen LogP contribution in [0.5, 0.6) is 5.75 Å². The highest BCUT2D eigenvalue weighted by atomic mass is 16.5. The molecule has 1 N–H and O–H groups in total. The lowest BCUT2D eigenvalue weighted by Gasteiger charge is -2.34. The molecule has 1 aromatic heterocycles. The average molecular weight is 438 g/mol. The van der Waals surface area contributed by atoms with E-state index < -0.39 is 17.7 Å². The van der Waals surface area contributed by atoms with Gasteiger partial charge < -0.3 is 19.2 Å². The predicted octanol–water partition coefficient (Wildman–Crippen LogP) is 5.44. The van der Waals surface area contributed by atoms with Gasteiger partial charge in [0, 0.05) is 11.6 Å². The number of hydrogen-bond donors (Lipinski definition) is 1. The molecule has 2 fully saturated rings. The number of aliphatic hydroxyl groups is 1. The summed E-state index contributed by atoms with van der Waals surface area (Å²) in [7, 11) is 0. The maximum Gasteiger partial charge on any atom is 0.296 e. The van der Waals surface area contributed by atoms with E-state index in [9.17, 15) is 14.7 Å². The van der Waals surface area contributed by atoms with Crippen LogP contribution < -0.4 is 4.74 Å². The van der Waals surface area contributed by atoms with Crippen molar-refractivity contribution in [3.8, 4) is 5.75 Å². The fourth-order valence-corrected chi connectivity index (χ4v) is 4.79. The van der Waals surface area contributed by atoms with Crippen molar-refractivity contribution in [3.63, 3.8) is 0 Å². The van der Waals surface area contributed by atoms with E-state index in [4.69, 9.17) is 9.15 Å². The van der Waals surface area contributed by atoms with E-state index in [0.717, 1.165) is 49.8 Å². The number of carbonyl (C=O) groups excluding carboxylic acids is 2. The first kappa shape index (κ1) is 22.2. The molecule has 0 radical (unpaired) electrons. The van der Waals surface area contributed by atoms with Crippen molar-refractivity contribution < 1.29 is 23.8 Å². The second-order valence-electron chi connectivity index (χ2n) is 8.78. The van der Waals surface area contributed by atoms with Gasteiger partial charge in [-0.3, -0.25) is 9.59 Å². The summed E-state index contributed by atoms with van der Waals surface area (Å²) >= 11 is 0. The molecule has 1 unspecified atom stereocenters. The lowest BCUT2D eigenvalue weighted by atomic mass is 9.92. The van der Waals surface area contributed by atoms with Gasteiger partial charge in [-0.2, -0.15) is 0 Å². The zero-order chi connectivity index (χ0) is 22.8. The van der Waals surface area contributed by atoms with Gasteiger partial charge >= 0.3 is 0 Å². The highest BCUT2D eigenvalue weighted by Gasteiger charge is 2.50. The summed E-state index contributed by atoms with van der Waals surface area (Å²) in [5.74, 6) is 0.555. The van der Waals surface area contributed by atoms with E-state index in [0.29, 0.717) is 23.7 Å². The molecule has 6 nitrogen and oxygen atoms in total. The van der Waals surface area contributed by atoms with Crippen molar-refractivity contribution in [2.45, 2.75) is 71.4 Å². The first-order valence-electron chi connectivity index (χ1n) is 11.5. The quantitative estimate of drug-likeness (QED) is 0.370. The minimum atomic E-state index is -0.719. The minimum absolute atomic E-state index is 0.0348. The SMILES string of the molecule is CCCOc1ccc(/C(O)=C2/C(=O)C(=O)N(C3CCCCC3)C2c2ccc(C)o2)cc1C. The van der Waals surface area contributed by atoms with Crippen LogP contribution in [-0.2, 0) is 9.59 Å². The maximum absolute atomic E-state index is 13.2. The van der Waals surface area contributed by atoms with Crippen LogP contribution in [-0.4, -0.2) is 34.3 Å². The lowest BCUT2D eigenvalue weighted by molar-refractivity contribution is -0.142. The molecule has 170 valence electrons. The van der Waals surface area contributed by atoms with E-state index in [-0.39, 0.29) is 17.4 Å². The Hall–Kier alpha value is -3.02. The molecule has 0 bridgehead atoms. The molecular weight excluding hydrogens is 406 g/mol. The Kier molecular flexibility index (Phi) is 6.40. The van der Waals surface area contributed by atoms with Crippen molar-refractivity contribution >= 4 is 17.4 Å². The summed E-state index contributed by atoms with van der Waals surface area (Å²) in [6.07, 6.45) is 5.79. The lowest BCUT2D eigenvalue weighted by Crippen LogP contribution is -2.40. The van der Waals surface area contributed by atoms with Gasteiger partial charge in [0.2, 0.25) is 0 Å². The predicted molar refractivity (Wildman–Crippen MR) is 121 cm³/mol. The normalized spacial score (nSPS) is 21.3. The van der Waals surface area contributed by atoms with Crippen LogP contribution in [0.2, 0.25) is 0 Å². The molecule has 1 amide bonds. The Labute approximate surface area is 188 Å². The van der Waals surface area contributed by atoms with Crippen molar-refractivity contribution in [3.05, 3.63) is 58.6 Å². The second kappa shape index (κ2) is 9.23. The summed E-state index contributed by atoms with van der Waals surface area (Å²) in [6.45, 7) is 6.37. The number of aliphatic hydroxyl groups excluding tert-OH is 1. The van der Waals surface area contributed by atoms with Gasteiger partial charge in [0.15, 0.2) is 0 Å². The fraction of sp³-hybridized carbons (Fsp3) is 0.462. The number of benzene rings is 1. The van der Waals surface area contributed by atoms with Crippen molar-refractivity contribution in [1.29, 1.82) is 0 Å². The number of likely N-dealkylation sites (tertiary alicyclic amines) is 1. The van der Waals surface area contributed by atoms with Crippen LogP contribution in [0.1, 0.15) is 74.1 Å². The number of Topliss-reactive ketones (excluding diaryl/α,β-unsaturated/α-hetero) is 1. The third-order valence-corrected chi connectivity index (χ3v) is 6.39. The topological polar surface area (TPSA) is 80.0 Å². The number of carbonyl (C=O) groups is 2. The smallest absolute Gasteiger partial charge is 0.296 e. The molecular formula is C26H31NO5. The summed E-state index contributed by atoms with van der Waals surface area (Å²) in [6, 6.07) is 8.17.